The van der Waals surface area contributed by atoms with Crippen LogP contribution in [0.25, 0.3) is 0 Å². The topological polar surface area (TPSA) is 49.8 Å². The summed E-state index contributed by atoms with van der Waals surface area (Å²) in [6, 6.07) is 16.0. The van der Waals surface area contributed by atoms with E-state index in [-0.39, 0.29) is 0 Å². The number of nitrogens with zero attached hydrogens (tertiary/aromatic N) is 2. The van der Waals surface area contributed by atoms with Gasteiger partial charge in [0.2, 0.25) is 5.95 Å². The maximum atomic E-state index is 4.58. The van der Waals surface area contributed by atoms with Gasteiger partial charge in [-0.05, 0) is 66.0 Å². The number of hydrogen-bond acceptors (Lipinski definition) is 4. The number of anilines is 4. The molecule has 3 rings (SSSR count). The molecule has 24 heavy (non-hydrogen) atoms. The van der Waals surface area contributed by atoms with E-state index in [1.807, 2.05) is 49.4 Å². The summed E-state index contributed by atoms with van der Waals surface area (Å²) < 4.78 is 0.991. The summed E-state index contributed by atoms with van der Waals surface area (Å²) in [4.78, 5) is 9.07. The van der Waals surface area contributed by atoms with E-state index in [2.05, 4.69) is 56.4 Å². The second kappa shape index (κ2) is 7.01. The molecular formula is C19H19BrN4. The van der Waals surface area contributed by atoms with Gasteiger partial charge >= 0.3 is 0 Å². The molecule has 1 aromatic heterocycles. The van der Waals surface area contributed by atoms with E-state index >= 15 is 0 Å². The maximum absolute atomic E-state index is 4.58. The van der Waals surface area contributed by atoms with Crippen molar-refractivity contribution in [2.45, 2.75) is 20.8 Å². The quantitative estimate of drug-likeness (QED) is 0.611. The highest BCUT2D eigenvalue weighted by molar-refractivity contribution is 9.10. The van der Waals surface area contributed by atoms with Gasteiger partial charge in [-0.15, -0.1) is 0 Å². The van der Waals surface area contributed by atoms with E-state index in [1.165, 1.54) is 11.1 Å². The average Bonchev–Trinajstić information content (AvgIpc) is 2.54. The molecule has 0 aliphatic carbocycles. The lowest BCUT2D eigenvalue weighted by molar-refractivity contribution is 1.10. The van der Waals surface area contributed by atoms with E-state index in [0.29, 0.717) is 5.95 Å². The zero-order valence-electron chi connectivity index (χ0n) is 13.9. The van der Waals surface area contributed by atoms with Gasteiger partial charge in [0, 0.05) is 21.9 Å². The van der Waals surface area contributed by atoms with Crippen LogP contribution >= 0.6 is 15.9 Å². The lowest BCUT2D eigenvalue weighted by Crippen LogP contribution is -2.03. The minimum atomic E-state index is 0.582. The lowest BCUT2D eigenvalue weighted by atomic mass is 10.1. The van der Waals surface area contributed by atoms with E-state index in [9.17, 15) is 0 Å². The molecule has 4 nitrogen and oxygen atoms in total. The normalized spacial score (nSPS) is 10.5. The van der Waals surface area contributed by atoms with Crippen molar-refractivity contribution in [3.05, 3.63) is 69.8 Å². The zero-order chi connectivity index (χ0) is 17.1. The highest BCUT2D eigenvalue weighted by Crippen LogP contribution is 2.26. The summed E-state index contributed by atoms with van der Waals surface area (Å²) in [5.41, 5.74) is 5.32. The molecule has 3 aromatic rings. The van der Waals surface area contributed by atoms with E-state index in [4.69, 9.17) is 0 Å². The highest BCUT2D eigenvalue weighted by Gasteiger charge is 2.07. The second-order valence-corrected chi connectivity index (χ2v) is 6.55. The Morgan fingerprint density at radius 2 is 1.58 bits per heavy atom. The average molecular weight is 383 g/mol. The number of para-hydroxylation sites is 1. The Morgan fingerprint density at radius 3 is 2.38 bits per heavy atom. The van der Waals surface area contributed by atoms with Crippen molar-refractivity contribution in [1.29, 1.82) is 0 Å². The Balaban J connectivity index is 1.89. The van der Waals surface area contributed by atoms with Gasteiger partial charge in [-0.25, -0.2) is 4.98 Å². The first kappa shape index (κ1) is 16.5. The number of rotatable bonds is 4. The summed E-state index contributed by atoms with van der Waals surface area (Å²) in [5, 5.41) is 6.65. The maximum Gasteiger partial charge on any atom is 0.229 e. The standard InChI is InChI=1S/C19H19BrN4/c1-12-7-6-10-16(14(12)3)23-19-21-13(2)11-18(24-19)22-17-9-5-4-8-15(17)20/h4-11H,1-3H3,(H2,21,22,23,24). The van der Waals surface area contributed by atoms with Gasteiger partial charge in [0.25, 0.3) is 0 Å². The molecule has 5 heteroatoms. The van der Waals surface area contributed by atoms with Crippen molar-refractivity contribution in [1.82, 2.24) is 9.97 Å². The first-order valence-electron chi connectivity index (χ1n) is 7.73. The van der Waals surface area contributed by atoms with Crippen molar-refractivity contribution < 1.29 is 0 Å². The zero-order valence-corrected chi connectivity index (χ0v) is 15.5. The lowest BCUT2D eigenvalue weighted by Gasteiger charge is -2.13. The summed E-state index contributed by atoms with van der Waals surface area (Å²) in [6.07, 6.45) is 0. The molecule has 0 fully saturated rings. The minimum absolute atomic E-state index is 0.582. The van der Waals surface area contributed by atoms with Crippen molar-refractivity contribution in [2.75, 3.05) is 10.6 Å². The number of aromatic nitrogens is 2. The number of hydrogen-bond donors (Lipinski definition) is 2. The molecular weight excluding hydrogens is 364 g/mol. The Labute approximate surface area is 150 Å². The predicted molar refractivity (Wildman–Crippen MR) is 103 cm³/mol. The van der Waals surface area contributed by atoms with Gasteiger partial charge < -0.3 is 10.6 Å². The molecule has 0 aliphatic rings. The molecule has 1 heterocycles. The highest BCUT2D eigenvalue weighted by atomic mass is 79.9. The molecule has 0 radical (unpaired) electrons. The van der Waals surface area contributed by atoms with Crippen LogP contribution in [-0.2, 0) is 0 Å². The van der Waals surface area contributed by atoms with Crippen LogP contribution in [0.15, 0.2) is 53.0 Å². The van der Waals surface area contributed by atoms with Crippen LogP contribution < -0.4 is 10.6 Å². The van der Waals surface area contributed by atoms with Gasteiger partial charge in [0.15, 0.2) is 0 Å². The molecule has 122 valence electrons. The van der Waals surface area contributed by atoms with E-state index in [0.717, 1.165) is 27.4 Å². The second-order valence-electron chi connectivity index (χ2n) is 5.70. The Morgan fingerprint density at radius 1 is 0.833 bits per heavy atom. The first-order valence-corrected chi connectivity index (χ1v) is 8.53. The number of halogens is 1. The predicted octanol–water partition coefficient (Wildman–Crippen LogP) is 5.65. The fraction of sp³-hybridized carbons (Fsp3) is 0.158. The molecule has 0 spiro atoms. The molecule has 0 aliphatic heterocycles. The van der Waals surface area contributed by atoms with Gasteiger partial charge in [0.05, 0.1) is 5.69 Å². The van der Waals surface area contributed by atoms with Crippen molar-refractivity contribution in [2.24, 2.45) is 0 Å². The van der Waals surface area contributed by atoms with Crippen molar-refractivity contribution in [3.63, 3.8) is 0 Å². The molecule has 0 saturated carbocycles. The molecule has 2 aromatic carbocycles. The smallest absolute Gasteiger partial charge is 0.229 e. The monoisotopic (exact) mass is 382 g/mol. The SMILES string of the molecule is Cc1cc(Nc2ccccc2Br)nc(Nc2cccc(C)c2C)n1. The molecule has 0 bridgehead atoms. The third kappa shape index (κ3) is 3.74. The summed E-state index contributed by atoms with van der Waals surface area (Å²) >= 11 is 3.54. The molecule has 0 atom stereocenters. The summed E-state index contributed by atoms with van der Waals surface area (Å²) in [7, 11) is 0. The number of benzene rings is 2. The van der Waals surface area contributed by atoms with Crippen LogP contribution in [0.2, 0.25) is 0 Å². The molecule has 2 N–H and O–H groups in total. The van der Waals surface area contributed by atoms with Crippen LogP contribution in [0, 0.1) is 20.8 Å². The van der Waals surface area contributed by atoms with Gasteiger partial charge in [-0.2, -0.15) is 4.98 Å². The fourth-order valence-corrected chi connectivity index (χ4v) is 2.78. The summed E-state index contributed by atoms with van der Waals surface area (Å²) in [5.74, 6) is 1.33. The van der Waals surface area contributed by atoms with Gasteiger partial charge in [-0.1, -0.05) is 24.3 Å². The third-order valence-corrected chi connectivity index (χ3v) is 4.53. The molecule has 0 saturated heterocycles. The number of nitrogens with one attached hydrogen (secondary N) is 2. The van der Waals surface area contributed by atoms with Crippen molar-refractivity contribution in [3.8, 4) is 0 Å². The minimum Gasteiger partial charge on any atom is -0.339 e. The van der Waals surface area contributed by atoms with Crippen LogP contribution in [0.4, 0.5) is 23.1 Å². The van der Waals surface area contributed by atoms with Crippen LogP contribution in [0.5, 0.6) is 0 Å². The number of aryl methyl sites for hydroxylation is 2. The van der Waals surface area contributed by atoms with Crippen LogP contribution in [-0.4, -0.2) is 9.97 Å². The third-order valence-electron chi connectivity index (χ3n) is 3.84. The van der Waals surface area contributed by atoms with E-state index < -0.39 is 0 Å². The Hall–Kier alpha value is -2.40. The van der Waals surface area contributed by atoms with Crippen LogP contribution in [0.3, 0.4) is 0 Å². The Bertz CT molecular complexity index is 877. The van der Waals surface area contributed by atoms with Gasteiger partial charge in [-0.3, -0.25) is 0 Å². The molecule has 0 amide bonds. The first-order chi connectivity index (χ1) is 11.5. The van der Waals surface area contributed by atoms with Crippen LogP contribution in [0.1, 0.15) is 16.8 Å². The largest absolute Gasteiger partial charge is 0.339 e. The van der Waals surface area contributed by atoms with Crippen molar-refractivity contribution >= 4 is 39.1 Å². The fourth-order valence-electron chi connectivity index (χ4n) is 2.40. The molecule has 0 unspecified atom stereocenters. The summed E-state index contributed by atoms with van der Waals surface area (Å²) in [6.45, 7) is 6.15. The van der Waals surface area contributed by atoms with E-state index in [1.54, 1.807) is 0 Å². The van der Waals surface area contributed by atoms with Gasteiger partial charge in [0.1, 0.15) is 5.82 Å². The Kier molecular flexibility index (Phi) is 4.81.